The zero-order valence-corrected chi connectivity index (χ0v) is 23.4. The van der Waals surface area contributed by atoms with Gasteiger partial charge in [0, 0.05) is 18.7 Å². The number of pyridine rings is 1. The van der Waals surface area contributed by atoms with Gasteiger partial charge in [0.15, 0.2) is 0 Å². The summed E-state index contributed by atoms with van der Waals surface area (Å²) in [5.74, 6) is 1.43. The molecule has 0 amide bonds. The Morgan fingerprint density at radius 1 is 1.08 bits per heavy atom. The SMILES string of the molecule is COc1cccc(OC)c1-n1c(NS(=O)(=O)C(C)C(OC(C)C)c2ccc(C)cn2)nnc1[C@@H]1CCOC1. The highest BCUT2D eigenvalue weighted by atomic mass is 32.2. The molecule has 0 aliphatic carbocycles. The van der Waals surface area contributed by atoms with Crippen LogP contribution < -0.4 is 14.2 Å². The minimum atomic E-state index is -4.05. The highest BCUT2D eigenvalue weighted by molar-refractivity contribution is 7.93. The van der Waals surface area contributed by atoms with Crippen LogP contribution in [-0.4, -0.2) is 67.0 Å². The van der Waals surface area contributed by atoms with Gasteiger partial charge in [-0.25, -0.2) is 8.42 Å². The van der Waals surface area contributed by atoms with Gasteiger partial charge in [-0.15, -0.1) is 10.2 Å². The summed E-state index contributed by atoms with van der Waals surface area (Å²) in [6.07, 6.45) is 1.38. The molecule has 4 rings (SSSR count). The molecule has 3 aromatic rings. The molecule has 3 atom stereocenters. The lowest BCUT2D eigenvalue weighted by molar-refractivity contribution is 0.00416. The summed E-state index contributed by atoms with van der Waals surface area (Å²) < 4.78 is 54.8. The van der Waals surface area contributed by atoms with Crippen LogP contribution in [0.5, 0.6) is 11.5 Å². The lowest BCUT2D eigenvalue weighted by atomic mass is 10.1. The lowest BCUT2D eigenvalue weighted by Crippen LogP contribution is -2.34. The number of hydrogen-bond acceptors (Lipinski definition) is 9. The maximum atomic E-state index is 13.8. The number of para-hydroxylation sites is 1. The molecular formula is C26H35N5O6S. The van der Waals surface area contributed by atoms with E-state index in [4.69, 9.17) is 18.9 Å². The second-order valence-electron chi connectivity index (χ2n) is 9.51. The Balaban J connectivity index is 1.78. The first-order valence-electron chi connectivity index (χ1n) is 12.5. The van der Waals surface area contributed by atoms with E-state index in [9.17, 15) is 8.42 Å². The molecule has 2 aromatic heterocycles. The smallest absolute Gasteiger partial charge is 0.243 e. The van der Waals surface area contributed by atoms with Crippen molar-refractivity contribution in [1.82, 2.24) is 19.7 Å². The first-order chi connectivity index (χ1) is 18.2. The second kappa shape index (κ2) is 11.7. The fourth-order valence-corrected chi connectivity index (χ4v) is 5.48. The molecule has 1 aliphatic heterocycles. The topological polar surface area (TPSA) is 127 Å². The maximum Gasteiger partial charge on any atom is 0.243 e. The quantitative estimate of drug-likeness (QED) is 0.383. The number of anilines is 1. The summed E-state index contributed by atoms with van der Waals surface area (Å²) in [7, 11) is -0.973. The molecule has 12 heteroatoms. The predicted molar refractivity (Wildman–Crippen MR) is 143 cm³/mol. The van der Waals surface area contributed by atoms with Crippen LogP contribution in [0.3, 0.4) is 0 Å². The van der Waals surface area contributed by atoms with Crippen molar-refractivity contribution in [2.24, 2.45) is 0 Å². The van der Waals surface area contributed by atoms with Crippen molar-refractivity contribution < 1.29 is 27.4 Å². The third kappa shape index (κ3) is 5.77. The number of aromatic nitrogens is 4. The molecule has 0 spiro atoms. The van der Waals surface area contributed by atoms with E-state index in [2.05, 4.69) is 19.9 Å². The number of nitrogens with one attached hydrogen (secondary N) is 1. The van der Waals surface area contributed by atoms with Crippen LogP contribution in [0.15, 0.2) is 36.5 Å². The summed E-state index contributed by atoms with van der Waals surface area (Å²) in [5.41, 5.74) is 1.98. The van der Waals surface area contributed by atoms with Gasteiger partial charge in [0.05, 0.1) is 32.6 Å². The zero-order valence-electron chi connectivity index (χ0n) is 22.5. The summed E-state index contributed by atoms with van der Waals surface area (Å²) in [4.78, 5) is 4.44. The number of aryl methyl sites for hydroxylation is 1. The van der Waals surface area contributed by atoms with Crippen molar-refractivity contribution in [3.8, 4) is 17.2 Å². The maximum absolute atomic E-state index is 13.8. The van der Waals surface area contributed by atoms with Crippen molar-refractivity contribution in [3.63, 3.8) is 0 Å². The monoisotopic (exact) mass is 545 g/mol. The van der Waals surface area contributed by atoms with Gasteiger partial charge < -0.3 is 18.9 Å². The predicted octanol–water partition coefficient (Wildman–Crippen LogP) is 3.79. The summed E-state index contributed by atoms with van der Waals surface area (Å²) in [6.45, 7) is 8.25. The Labute approximate surface area is 223 Å². The molecule has 1 N–H and O–H groups in total. The molecule has 0 saturated carbocycles. The molecule has 11 nitrogen and oxygen atoms in total. The zero-order chi connectivity index (χ0) is 27.4. The normalized spacial score (nSPS) is 17.4. The molecule has 1 aromatic carbocycles. The molecule has 206 valence electrons. The third-order valence-electron chi connectivity index (χ3n) is 6.40. The van der Waals surface area contributed by atoms with E-state index in [1.165, 1.54) is 14.2 Å². The van der Waals surface area contributed by atoms with E-state index in [-0.39, 0.29) is 18.0 Å². The molecule has 1 aliphatic rings. The van der Waals surface area contributed by atoms with Crippen LogP contribution in [0.1, 0.15) is 56.3 Å². The number of methoxy groups -OCH3 is 2. The van der Waals surface area contributed by atoms with E-state index >= 15 is 0 Å². The van der Waals surface area contributed by atoms with Crippen molar-refractivity contribution in [2.75, 3.05) is 32.2 Å². The number of benzene rings is 1. The van der Waals surface area contributed by atoms with Crippen LogP contribution in [0.2, 0.25) is 0 Å². The van der Waals surface area contributed by atoms with E-state index in [0.29, 0.717) is 41.9 Å². The van der Waals surface area contributed by atoms with Crippen molar-refractivity contribution >= 4 is 16.0 Å². The van der Waals surface area contributed by atoms with Gasteiger partial charge in [0.1, 0.15) is 34.4 Å². The first kappa shape index (κ1) is 27.8. The Hall–Kier alpha value is -3.22. The standard InChI is InChI=1S/C26H35N5O6S/c1-16(2)37-24(20-11-10-17(3)14-27-20)18(4)38(32,33)30-26-29-28-25(19-12-13-36-15-19)31(26)23-21(34-5)8-7-9-22(23)35-6/h7-11,14,16,18-19,24H,12-13,15H2,1-6H3,(H,29,30)/t18?,19-,24?/m1/s1. The van der Waals surface area contributed by atoms with E-state index in [1.807, 2.05) is 26.8 Å². The fourth-order valence-electron chi connectivity index (χ4n) is 4.38. The molecular weight excluding hydrogens is 510 g/mol. The van der Waals surface area contributed by atoms with Crippen molar-refractivity contribution in [2.45, 2.75) is 57.5 Å². The van der Waals surface area contributed by atoms with E-state index < -0.39 is 21.4 Å². The minimum Gasteiger partial charge on any atom is -0.494 e. The molecule has 3 heterocycles. The molecule has 0 radical (unpaired) electrons. The molecule has 0 bridgehead atoms. The van der Waals surface area contributed by atoms with Gasteiger partial charge in [0.25, 0.3) is 0 Å². The van der Waals surface area contributed by atoms with Crippen LogP contribution in [0.4, 0.5) is 5.95 Å². The second-order valence-corrected chi connectivity index (χ2v) is 11.5. The summed E-state index contributed by atoms with van der Waals surface area (Å²) in [5, 5.41) is 7.63. The number of rotatable bonds is 11. The third-order valence-corrected chi connectivity index (χ3v) is 8.10. The van der Waals surface area contributed by atoms with Gasteiger partial charge in [0.2, 0.25) is 16.0 Å². The van der Waals surface area contributed by atoms with Gasteiger partial charge in [-0.3, -0.25) is 14.3 Å². The van der Waals surface area contributed by atoms with Crippen LogP contribution in [-0.2, 0) is 19.5 Å². The summed E-state index contributed by atoms with van der Waals surface area (Å²) >= 11 is 0. The highest BCUT2D eigenvalue weighted by Crippen LogP contribution is 2.38. The largest absolute Gasteiger partial charge is 0.494 e. The van der Waals surface area contributed by atoms with Crippen LogP contribution in [0, 0.1) is 6.92 Å². The first-order valence-corrected chi connectivity index (χ1v) is 14.0. The Bertz CT molecular complexity index is 1310. The van der Waals surface area contributed by atoms with Gasteiger partial charge in [-0.1, -0.05) is 12.1 Å². The van der Waals surface area contributed by atoms with Crippen molar-refractivity contribution in [3.05, 3.63) is 53.6 Å². The number of sulfonamides is 1. The van der Waals surface area contributed by atoms with Crippen LogP contribution in [0.25, 0.3) is 5.69 Å². The average molecular weight is 546 g/mol. The Morgan fingerprint density at radius 3 is 2.34 bits per heavy atom. The fraction of sp³-hybridized carbons (Fsp3) is 0.500. The van der Waals surface area contributed by atoms with Crippen molar-refractivity contribution in [1.29, 1.82) is 0 Å². The summed E-state index contributed by atoms with van der Waals surface area (Å²) in [6, 6.07) is 8.99. The van der Waals surface area contributed by atoms with Crippen LogP contribution >= 0.6 is 0 Å². The van der Waals surface area contributed by atoms with Gasteiger partial charge in [-0.2, -0.15) is 0 Å². The number of hydrogen-bond donors (Lipinski definition) is 1. The average Bonchev–Trinajstić information content (AvgIpc) is 3.56. The van der Waals surface area contributed by atoms with Gasteiger partial charge >= 0.3 is 0 Å². The van der Waals surface area contributed by atoms with E-state index in [1.54, 1.807) is 42.0 Å². The lowest BCUT2D eigenvalue weighted by Gasteiger charge is -2.26. The Morgan fingerprint density at radius 2 is 1.79 bits per heavy atom. The number of ether oxygens (including phenoxy) is 4. The molecule has 1 saturated heterocycles. The van der Waals surface area contributed by atoms with Gasteiger partial charge in [-0.05, 0) is 57.9 Å². The highest BCUT2D eigenvalue weighted by Gasteiger charge is 2.36. The molecule has 2 unspecified atom stereocenters. The molecule has 1 fully saturated rings. The molecule has 38 heavy (non-hydrogen) atoms. The Kier molecular flexibility index (Phi) is 8.54. The number of nitrogens with zero attached hydrogens (tertiary/aromatic N) is 4. The van der Waals surface area contributed by atoms with E-state index in [0.717, 1.165) is 12.0 Å². The minimum absolute atomic E-state index is 0.0155.